The normalized spacial score (nSPS) is 16.6. The monoisotopic (exact) mass is 248 g/mol. The molecule has 0 bridgehead atoms. The first kappa shape index (κ1) is 12.7. The molecular weight excluding hydrogens is 228 g/mol. The number of anilines is 2. The fourth-order valence-corrected chi connectivity index (χ4v) is 2.18. The van der Waals surface area contributed by atoms with E-state index in [0.29, 0.717) is 19.2 Å². The Morgan fingerprint density at radius 1 is 1.50 bits per heavy atom. The summed E-state index contributed by atoms with van der Waals surface area (Å²) in [5.74, 6) is 0. The minimum atomic E-state index is -0.256. The first-order chi connectivity index (χ1) is 8.70. The molecule has 18 heavy (non-hydrogen) atoms. The van der Waals surface area contributed by atoms with E-state index in [1.807, 2.05) is 24.3 Å². The van der Waals surface area contributed by atoms with Crippen molar-refractivity contribution in [1.82, 2.24) is 0 Å². The molecule has 1 saturated heterocycles. The van der Waals surface area contributed by atoms with Crippen molar-refractivity contribution in [2.24, 2.45) is 0 Å². The number of ether oxygens (including phenoxy) is 1. The summed E-state index contributed by atoms with van der Waals surface area (Å²) in [6.07, 6.45) is 2.04. The van der Waals surface area contributed by atoms with E-state index in [0.717, 1.165) is 24.2 Å². The van der Waals surface area contributed by atoms with Gasteiger partial charge in [0.15, 0.2) is 0 Å². The highest BCUT2D eigenvalue weighted by Gasteiger charge is 2.23. The van der Waals surface area contributed by atoms with Crippen LogP contribution < -0.4 is 10.2 Å². The second-order valence-electron chi connectivity index (χ2n) is 4.65. The average molecular weight is 248 g/mol. The lowest BCUT2D eigenvalue weighted by atomic mass is 10.2. The van der Waals surface area contributed by atoms with Gasteiger partial charge in [-0.15, -0.1) is 0 Å². The van der Waals surface area contributed by atoms with Crippen molar-refractivity contribution >= 4 is 17.5 Å². The van der Waals surface area contributed by atoms with E-state index in [-0.39, 0.29) is 6.09 Å². The van der Waals surface area contributed by atoms with E-state index in [9.17, 15) is 4.79 Å². The van der Waals surface area contributed by atoms with Crippen LogP contribution in [0.3, 0.4) is 0 Å². The lowest BCUT2D eigenvalue weighted by molar-refractivity contribution is 0.181. The van der Waals surface area contributed by atoms with Crippen LogP contribution >= 0.6 is 0 Å². The van der Waals surface area contributed by atoms with Crippen molar-refractivity contribution in [3.8, 4) is 0 Å². The maximum Gasteiger partial charge on any atom is 0.414 e. The van der Waals surface area contributed by atoms with Gasteiger partial charge in [0.1, 0.15) is 6.61 Å². The predicted molar refractivity (Wildman–Crippen MR) is 73.1 cm³/mol. The summed E-state index contributed by atoms with van der Waals surface area (Å²) >= 11 is 0. The van der Waals surface area contributed by atoms with E-state index in [2.05, 4.69) is 19.2 Å². The summed E-state index contributed by atoms with van der Waals surface area (Å²) in [5.41, 5.74) is 1.94. The Bertz CT molecular complexity index is 420. The molecule has 1 N–H and O–H groups in total. The standard InChI is InChI=1S/C14H20N2O2/c1-3-5-11(2)15-12-6-4-7-13(10-12)16-8-9-18-14(16)17/h4,6-7,10-11,15H,3,5,8-9H2,1-2H3. The minimum Gasteiger partial charge on any atom is -0.447 e. The fraction of sp³-hybridized carbons (Fsp3) is 0.500. The number of benzene rings is 1. The van der Waals surface area contributed by atoms with E-state index in [1.165, 1.54) is 0 Å². The van der Waals surface area contributed by atoms with Crippen molar-refractivity contribution in [2.45, 2.75) is 32.7 Å². The number of carbonyl (C=O) groups excluding carboxylic acids is 1. The molecule has 0 aliphatic carbocycles. The van der Waals surface area contributed by atoms with Gasteiger partial charge >= 0.3 is 6.09 Å². The molecule has 1 aromatic carbocycles. The maximum atomic E-state index is 11.5. The van der Waals surface area contributed by atoms with Gasteiger partial charge in [0, 0.05) is 17.4 Å². The Hall–Kier alpha value is -1.71. The van der Waals surface area contributed by atoms with E-state index >= 15 is 0 Å². The van der Waals surface area contributed by atoms with Gasteiger partial charge in [-0.25, -0.2) is 4.79 Å². The largest absolute Gasteiger partial charge is 0.447 e. The quantitative estimate of drug-likeness (QED) is 0.869. The van der Waals surface area contributed by atoms with Crippen LogP contribution in [0.15, 0.2) is 24.3 Å². The van der Waals surface area contributed by atoms with Crippen LogP contribution in [-0.4, -0.2) is 25.3 Å². The molecule has 1 fully saturated rings. The topological polar surface area (TPSA) is 41.6 Å². The van der Waals surface area contributed by atoms with Gasteiger partial charge in [0.2, 0.25) is 0 Å². The summed E-state index contributed by atoms with van der Waals surface area (Å²) < 4.78 is 4.95. The van der Waals surface area contributed by atoms with Gasteiger partial charge in [0.05, 0.1) is 6.54 Å². The molecule has 1 aliphatic heterocycles. The molecule has 0 spiro atoms. The molecule has 0 saturated carbocycles. The third-order valence-electron chi connectivity index (χ3n) is 3.05. The molecule has 1 atom stereocenters. The van der Waals surface area contributed by atoms with Gasteiger partial charge in [0.25, 0.3) is 0 Å². The Labute approximate surface area is 108 Å². The summed E-state index contributed by atoms with van der Waals surface area (Å²) in [4.78, 5) is 13.2. The Morgan fingerprint density at radius 2 is 2.33 bits per heavy atom. The molecule has 98 valence electrons. The van der Waals surface area contributed by atoms with Crippen molar-refractivity contribution in [2.75, 3.05) is 23.4 Å². The molecular formula is C14H20N2O2. The zero-order valence-corrected chi connectivity index (χ0v) is 11.0. The van der Waals surface area contributed by atoms with E-state index in [4.69, 9.17) is 4.74 Å². The molecule has 1 heterocycles. The maximum absolute atomic E-state index is 11.5. The van der Waals surface area contributed by atoms with Crippen molar-refractivity contribution < 1.29 is 9.53 Å². The van der Waals surface area contributed by atoms with Gasteiger partial charge in [-0.05, 0) is 31.5 Å². The zero-order chi connectivity index (χ0) is 13.0. The number of nitrogens with zero attached hydrogens (tertiary/aromatic N) is 1. The second kappa shape index (κ2) is 5.76. The molecule has 4 nitrogen and oxygen atoms in total. The van der Waals surface area contributed by atoms with E-state index < -0.39 is 0 Å². The van der Waals surface area contributed by atoms with Gasteiger partial charge in [-0.3, -0.25) is 4.90 Å². The fourth-order valence-electron chi connectivity index (χ4n) is 2.18. The number of nitrogens with one attached hydrogen (secondary N) is 1. The Kier molecular flexibility index (Phi) is 4.07. The highest BCUT2D eigenvalue weighted by molar-refractivity contribution is 5.89. The molecule has 0 radical (unpaired) electrons. The lowest BCUT2D eigenvalue weighted by Gasteiger charge is -2.17. The molecule has 1 aromatic rings. The summed E-state index contributed by atoms with van der Waals surface area (Å²) in [6, 6.07) is 8.36. The number of hydrogen-bond acceptors (Lipinski definition) is 3. The molecule has 4 heteroatoms. The van der Waals surface area contributed by atoms with E-state index in [1.54, 1.807) is 4.90 Å². The summed E-state index contributed by atoms with van der Waals surface area (Å²) in [7, 11) is 0. The molecule has 1 amide bonds. The predicted octanol–water partition coefficient (Wildman–Crippen LogP) is 3.24. The molecule has 2 rings (SSSR count). The van der Waals surface area contributed by atoms with Crippen molar-refractivity contribution in [1.29, 1.82) is 0 Å². The Balaban J connectivity index is 2.07. The van der Waals surface area contributed by atoms with Crippen LogP contribution in [-0.2, 0) is 4.74 Å². The number of amides is 1. The number of rotatable bonds is 5. The van der Waals surface area contributed by atoms with Crippen LogP contribution in [0, 0.1) is 0 Å². The number of hydrogen-bond donors (Lipinski definition) is 1. The minimum absolute atomic E-state index is 0.256. The Morgan fingerprint density at radius 3 is 3.00 bits per heavy atom. The third-order valence-corrected chi connectivity index (χ3v) is 3.05. The zero-order valence-electron chi connectivity index (χ0n) is 11.0. The summed E-state index contributed by atoms with van der Waals surface area (Å²) in [5, 5.41) is 3.44. The number of cyclic esters (lactones) is 1. The van der Waals surface area contributed by atoms with Crippen molar-refractivity contribution in [3.63, 3.8) is 0 Å². The van der Waals surface area contributed by atoms with Gasteiger partial charge in [-0.1, -0.05) is 19.4 Å². The van der Waals surface area contributed by atoms with Crippen LogP contribution in [0.25, 0.3) is 0 Å². The van der Waals surface area contributed by atoms with Crippen LogP contribution in [0.2, 0.25) is 0 Å². The first-order valence-electron chi connectivity index (χ1n) is 6.51. The third kappa shape index (κ3) is 2.94. The molecule has 0 aromatic heterocycles. The lowest BCUT2D eigenvalue weighted by Crippen LogP contribution is -2.23. The average Bonchev–Trinajstić information content (AvgIpc) is 2.76. The van der Waals surface area contributed by atoms with Gasteiger partial charge in [-0.2, -0.15) is 0 Å². The van der Waals surface area contributed by atoms with Crippen LogP contribution in [0.4, 0.5) is 16.2 Å². The van der Waals surface area contributed by atoms with Crippen LogP contribution in [0.5, 0.6) is 0 Å². The van der Waals surface area contributed by atoms with Crippen molar-refractivity contribution in [3.05, 3.63) is 24.3 Å². The smallest absolute Gasteiger partial charge is 0.414 e. The molecule has 1 unspecified atom stereocenters. The molecule has 1 aliphatic rings. The first-order valence-corrected chi connectivity index (χ1v) is 6.51. The summed E-state index contributed by atoms with van der Waals surface area (Å²) in [6.45, 7) is 5.45. The highest BCUT2D eigenvalue weighted by atomic mass is 16.6. The van der Waals surface area contributed by atoms with Crippen LogP contribution in [0.1, 0.15) is 26.7 Å². The number of carbonyl (C=O) groups is 1. The van der Waals surface area contributed by atoms with Gasteiger partial charge < -0.3 is 10.1 Å². The highest BCUT2D eigenvalue weighted by Crippen LogP contribution is 2.23. The SMILES string of the molecule is CCCC(C)Nc1cccc(N2CCOC2=O)c1. The second-order valence-corrected chi connectivity index (χ2v) is 4.65.